The molecule has 114 valence electrons. The zero-order valence-corrected chi connectivity index (χ0v) is 12.7. The van der Waals surface area contributed by atoms with E-state index in [2.05, 4.69) is 15.6 Å². The van der Waals surface area contributed by atoms with Gasteiger partial charge >= 0.3 is 0 Å². The van der Waals surface area contributed by atoms with Gasteiger partial charge in [-0.15, -0.1) is 0 Å². The molecular formula is C15H22N4O2. The van der Waals surface area contributed by atoms with Crippen molar-refractivity contribution < 1.29 is 9.59 Å². The van der Waals surface area contributed by atoms with E-state index in [1.54, 1.807) is 12.1 Å². The first kappa shape index (κ1) is 15.3. The van der Waals surface area contributed by atoms with Crippen molar-refractivity contribution in [3.63, 3.8) is 0 Å². The number of hydrogen-bond acceptors (Lipinski definition) is 4. The lowest BCUT2D eigenvalue weighted by molar-refractivity contribution is -0.119. The van der Waals surface area contributed by atoms with E-state index in [9.17, 15) is 9.59 Å². The lowest BCUT2D eigenvalue weighted by Crippen LogP contribution is -2.38. The third-order valence-corrected chi connectivity index (χ3v) is 3.47. The lowest BCUT2D eigenvalue weighted by Gasteiger charge is -2.19. The van der Waals surface area contributed by atoms with Gasteiger partial charge in [0.2, 0.25) is 5.91 Å². The Bertz CT molecular complexity index is 563. The van der Waals surface area contributed by atoms with Crippen molar-refractivity contribution in [2.75, 3.05) is 12.3 Å². The molecule has 2 heterocycles. The fraction of sp³-hybridized carbons (Fsp3) is 0.533. The number of pyridine rings is 1. The number of amides is 2. The molecular weight excluding hydrogens is 268 g/mol. The first-order chi connectivity index (χ1) is 9.75. The molecule has 21 heavy (non-hydrogen) atoms. The summed E-state index contributed by atoms with van der Waals surface area (Å²) in [6.07, 6.45) is 1.28. The highest BCUT2D eigenvalue weighted by molar-refractivity contribution is 5.95. The summed E-state index contributed by atoms with van der Waals surface area (Å²) in [6, 6.07) is 3.35. The second-order valence-corrected chi connectivity index (χ2v) is 6.43. The minimum atomic E-state index is -0.198. The molecule has 1 aromatic rings. The molecule has 0 saturated carbocycles. The molecule has 1 aliphatic rings. The Labute approximate surface area is 124 Å². The molecule has 6 heteroatoms. The normalized spacial score (nSPS) is 18.4. The molecule has 2 amide bonds. The molecule has 0 bridgehead atoms. The van der Waals surface area contributed by atoms with Crippen LogP contribution < -0.4 is 16.4 Å². The first-order valence-electron chi connectivity index (χ1n) is 7.11. The third kappa shape index (κ3) is 3.93. The number of nitrogens with two attached hydrogens (primary N) is 1. The van der Waals surface area contributed by atoms with Gasteiger partial charge < -0.3 is 16.4 Å². The standard InChI is InChI=1S/C15H22N4O2/c1-15(2,3)11-6-9(7-12(16)19-11)14(21)17-8-10-4-5-13(20)18-10/h6-7,10H,4-5,8H2,1-3H3,(H2,16,19)(H,17,21)(H,18,20). The maximum atomic E-state index is 12.2. The monoisotopic (exact) mass is 290 g/mol. The summed E-state index contributed by atoms with van der Waals surface area (Å²) >= 11 is 0. The molecule has 0 aromatic carbocycles. The Kier molecular flexibility index (Phi) is 4.16. The highest BCUT2D eigenvalue weighted by atomic mass is 16.2. The van der Waals surface area contributed by atoms with Crippen molar-refractivity contribution in [2.45, 2.75) is 45.1 Å². The number of nitrogen functional groups attached to an aromatic ring is 1. The molecule has 4 N–H and O–H groups in total. The van der Waals surface area contributed by atoms with Crippen molar-refractivity contribution in [2.24, 2.45) is 0 Å². The smallest absolute Gasteiger partial charge is 0.251 e. The van der Waals surface area contributed by atoms with Gasteiger partial charge in [0.1, 0.15) is 5.82 Å². The van der Waals surface area contributed by atoms with Gasteiger partial charge in [0.25, 0.3) is 5.91 Å². The van der Waals surface area contributed by atoms with E-state index >= 15 is 0 Å². The molecule has 6 nitrogen and oxygen atoms in total. The first-order valence-corrected chi connectivity index (χ1v) is 7.11. The van der Waals surface area contributed by atoms with E-state index in [1.807, 2.05) is 20.8 Å². The van der Waals surface area contributed by atoms with E-state index in [1.165, 1.54) is 0 Å². The second kappa shape index (κ2) is 5.71. The third-order valence-electron chi connectivity index (χ3n) is 3.47. The van der Waals surface area contributed by atoms with Crippen molar-refractivity contribution >= 4 is 17.6 Å². The van der Waals surface area contributed by atoms with E-state index in [-0.39, 0.29) is 23.3 Å². The number of nitrogens with one attached hydrogen (secondary N) is 2. The largest absolute Gasteiger partial charge is 0.384 e. The van der Waals surface area contributed by atoms with Gasteiger partial charge in [0, 0.05) is 35.7 Å². The summed E-state index contributed by atoms with van der Waals surface area (Å²) in [6.45, 7) is 6.48. The van der Waals surface area contributed by atoms with Crippen LogP contribution in [0.2, 0.25) is 0 Å². The van der Waals surface area contributed by atoms with E-state index < -0.39 is 0 Å². The van der Waals surface area contributed by atoms with E-state index in [0.717, 1.165) is 12.1 Å². The SMILES string of the molecule is CC(C)(C)c1cc(C(=O)NCC2CCC(=O)N2)cc(N)n1. The molecule has 0 radical (unpaired) electrons. The van der Waals surface area contributed by atoms with E-state index in [4.69, 9.17) is 5.73 Å². The summed E-state index contributed by atoms with van der Waals surface area (Å²) in [5.41, 5.74) is 6.88. The molecule has 1 aromatic heterocycles. The van der Waals surface area contributed by atoms with E-state index in [0.29, 0.717) is 24.3 Å². The molecule has 1 unspecified atom stereocenters. The minimum absolute atomic E-state index is 0.0164. The summed E-state index contributed by atoms with van der Waals surface area (Å²) in [5.74, 6) is 0.176. The van der Waals surface area contributed by atoms with Crippen LogP contribution in [0.25, 0.3) is 0 Å². The van der Waals surface area contributed by atoms with Crippen LogP contribution in [0.4, 0.5) is 5.82 Å². The summed E-state index contributed by atoms with van der Waals surface area (Å²) in [5, 5.41) is 5.65. The van der Waals surface area contributed by atoms with Crippen LogP contribution in [-0.2, 0) is 10.2 Å². The Morgan fingerprint density at radius 1 is 1.48 bits per heavy atom. The van der Waals surface area contributed by atoms with Gasteiger partial charge in [-0.3, -0.25) is 9.59 Å². The molecule has 1 fully saturated rings. The summed E-state index contributed by atoms with van der Waals surface area (Å²) < 4.78 is 0. The van der Waals surface area contributed by atoms with Gasteiger partial charge in [-0.05, 0) is 18.6 Å². The van der Waals surface area contributed by atoms with Gasteiger partial charge in [-0.1, -0.05) is 20.8 Å². The molecule has 1 atom stereocenters. The van der Waals surface area contributed by atoms with Crippen LogP contribution in [0.1, 0.15) is 49.7 Å². The Morgan fingerprint density at radius 3 is 2.76 bits per heavy atom. The summed E-state index contributed by atoms with van der Waals surface area (Å²) in [4.78, 5) is 27.6. The molecule has 1 aliphatic heterocycles. The summed E-state index contributed by atoms with van der Waals surface area (Å²) in [7, 11) is 0. The number of anilines is 1. The Hall–Kier alpha value is -2.11. The van der Waals surface area contributed by atoms with Crippen LogP contribution in [0, 0.1) is 0 Å². The average Bonchev–Trinajstić information content (AvgIpc) is 2.80. The fourth-order valence-electron chi connectivity index (χ4n) is 2.22. The Balaban J connectivity index is 2.05. The predicted molar refractivity (Wildman–Crippen MR) is 80.8 cm³/mol. The molecule has 2 rings (SSSR count). The van der Waals surface area contributed by atoms with Crippen LogP contribution in [0.3, 0.4) is 0 Å². The number of hydrogen-bond donors (Lipinski definition) is 3. The average molecular weight is 290 g/mol. The zero-order chi connectivity index (χ0) is 15.6. The second-order valence-electron chi connectivity index (χ2n) is 6.43. The zero-order valence-electron chi connectivity index (χ0n) is 12.7. The highest BCUT2D eigenvalue weighted by Gasteiger charge is 2.22. The van der Waals surface area contributed by atoms with Gasteiger partial charge in [-0.25, -0.2) is 4.98 Å². The van der Waals surface area contributed by atoms with Crippen LogP contribution in [0.15, 0.2) is 12.1 Å². The highest BCUT2D eigenvalue weighted by Crippen LogP contribution is 2.22. The molecule has 0 spiro atoms. The molecule has 1 saturated heterocycles. The topological polar surface area (TPSA) is 97.1 Å². The lowest BCUT2D eigenvalue weighted by atomic mass is 9.90. The van der Waals surface area contributed by atoms with Gasteiger partial charge in [-0.2, -0.15) is 0 Å². The van der Waals surface area contributed by atoms with Crippen molar-refractivity contribution in [3.8, 4) is 0 Å². The van der Waals surface area contributed by atoms with Crippen molar-refractivity contribution in [1.29, 1.82) is 0 Å². The van der Waals surface area contributed by atoms with Crippen LogP contribution >= 0.6 is 0 Å². The molecule has 0 aliphatic carbocycles. The minimum Gasteiger partial charge on any atom is -0.384 e. The van der Waals surface area contributed by atoms with Crippen LogP contribution in [0.5, 0.6) is 0 Å². The van der Waals surface area contributed by atoms with Crippen molar-refractivity contribution in [1.82, 2.24) is 15.6 Å². The number of carbonyl (C=O) groups is 2. The number of aromatic nitrogens is 1. The number of rotatable bonds is 3. The fourth-order valence-corrected chi connectivity index (χ4v) is 2.22. The van der Waals surface area contributed by atoms with Crippen molar-refractivity contribution in [3.05, 3.63) is 23.4 Å². The number of carbonyl (C=O) groups excluding carboxylic acids is 2. The Morgan fingerprint density at radius 2 is 2.19 bits per heavy atom. The van der Waals surface area contributed by atoms with Crippen LogP contribution in [-0.4, -0.2) is 29.4 Å². The van der Waals surface area contributed by atoms with Gasteiger partial charge in [0.05, 0.1) is 0 Å². The number of nitrogens with zero attached hydrogens (tertiary/aromatic N) is 1. The quantitative estimate of drug-likeness (QED) is 0.772. The predicted octanol–water partition coefficient (Wildman–Crippen LogP) is 0.970. The maximum absolute atomic E-state index is 12.2. The van der Waals surface area contributed by atoms with Gasteiger partial charge in [0.15, 0.2) is 0 Å². The maximum Gasteiger partial charge on any atom is 0.251 e.